The summed E-state index contributed by atoms with van der Waals surface area (Å²) in [7, 11) is 0. The van der Waals surface area contributed by atoms with Gasteiger partial charge >= 0.3 is 0 Å². The van der Waals surface area contributed by atoms with Crippen molar-refractivity contribution in [1.82, 2.24) is 9.88 Å². The lowest BCUT2D eigenvalue weighted by atomic mass is 9.93. The molecular weight excluding hydrogens is 332 g/mol. The molecule has 3 heterocycles. The third kappa shape index (κ3) is 4.01. The fraction of sp³-hybridized carbons (Fsp3) is 0.737. The fourth-order valence-corrected chi connectivity index (χ4v) is 3.95. The van der Waals surface area contributed by atoms with Crippen LogP contribution in [0.25, 0.3) is 0 Å². The average molecular weight is 360 g/mol. The summed E-state index contributed by atoms with van der Waals surface area (Å²) in [5.74, 6) is 1.87. The zero-order chi connectivity index (χ0) is 18.7. The molecule has 0 aromatic carbocycles. The van der Waals surface area contributed by atoms with E-state index in [0.29, 0.717) is 56.2 Å². The lowest BCUT2D eigenvalue weighted by Gasteiger charge is -2.40. The first-order valence-electron chi connectivity index (χ1n) is 9.50. The summed E-state index contributed by atoms with van der Waals surface area (Å²) >= 11 is 0. The van der Waals surface area contributed by atoms with Crippen molar-refractivity contribution in [2.24, 2.45) is 11.8 Å². The Balaban J connectivity index is 1.61. The third-order valence-electron chi connectivity index (χ3n) is 5.21. The maximum atomic E-state index is 13.1. The second-order valence-corrected chi connectivity index (χ2v) is 7.65. The summed E-state index contributed by atoms with van der Waals surface area (Å²) in [5, 5.41) is 9.20. The van der Waals surface area contributed by atoms with Gasteiger partial charge in [-0.3, -0.25) is 4.79 Å². The van der Waals surface area contributed by atoms with Crippen LogP contribution in [0.1, 0.15) is 44.7 Å². The van der Waals surface area contributed by atoms with Gasteiger partial charge in [0.25, 0.3) is 0 Å². The first-order valence-corrected chi connectivity index (χ1v) is 9.50. The van der Waals surface area contributed by atoms with E-state index in [1.165, 1.54) is 0 Å². The number of oxazole rings is 1. The monoisotopic (exact) mass is 360 g/mol. The van der Waals surface area contributed by atoms with Crippen LogP contribution in [0.15, 0.2) is 4.42 Å². The number of carbonyl (C=O) groups is 1. The molecule has 0 spiro atoms. The highest BCUT2D eigenvalue weighted by atomic mass is 16.5. The molecule has 1 amide bonds. The van der Waals surface area contributed by atoms with Gasteiger partial charge in [0.1, 0.15) is 6.07 Å². The van der Waals surface area contributed by atoms with Gasteiger partial charge < -0.3 is 19.0 Å². The van der Waals surface area contributed by atoms with Crippen molar-refractivity contribution in [3.05, 3.63) is 11.6 Å². The first kappa shape index (κ1) is 18.7. The van der Waals surface area contributed by atoms with Gasteiger partial charge in [0.05, 0.1) is 19.3 Å². The van der Waals surface area contributed by atoms with Gasteiger partial charge in [-0.1, -0.05) is 13.8 Å². The zero-order valence-corrected chi connectivity index (χ0v) is 15.9. The van der Waals surface area contributed by atoms with E-state index in [1.54, 1.807) is 6.92 Å². The number of aryl methyl sites for hydroxylation is 1. The van der Waals surface area contributed by atoms with Crippen LogP contribution in [-0.4, -0.2) is 54.7 Å². The number of hydrogen-bond donors (Lipinski definition) is 0. The summed E-state index contributed by atoms with van der Waals surface area (Å²) in [6.07, 6.45) is 2.53. The number of nitrogens with zero attached hydrogens (tertiary/aromatic N) is 4. The van der Waals surface area contributed by atoms with Crippen LogP contribution >= 0.6 is 0 Å². The van der Waals surface area contributed by atoms with Gasteiger partial charge in [0.15, 0.2) is 5.89 Å². The van der Waals surface area contributed by atoms with Gasteiger partial charge in [-0.15, -0.1) is 0 Å². The molecule has 2 saturated heterocycles. The molecule has 26 heavy (non-hydrogen) atoms. The molecule has 0 aliphatic carbocycles. The highest BCUT2D eigenvalue weighted by Crippen LogP contribution is 2.29. The van der Waals surface area contributed by atoms with Crippen molar-refractivity contribution in [2.75, 3.05) is 37.7 Å². The van der Waals surface area contributed by atoms with Crippen LogP contribution < -0.4 is 4.90 Å². The minimum absolute atomic E-state index is 0.0357. The van der Waals surface area contributed by atoms with E-state index in [0.717, 1.165) is 19.3 Å². The number of ether oxygens (including phenoxy) is 1. The van der Waals surface area contributed by atoms with E-state index in [9.17, 15) is 10.1 Å². The molecule has 0 bridgehead atoms. The summed E-state index contributed by atoms with van der Waals surface area (Å²) in [6, 6.07) is 2.28. The number of nitriles is 1. The van der Waals surface area contributed by atoms with E-state index in [4.69, 9.17) is 9.15 Å². The van der Waals surface area contributed by atoms with Crippen LogP contribution in [-0.2, 0) is 9.53 Å². The van der Waals surface area contributed by atoms with Crippen molar-refractivity contribution in [3.63, 3.8) is 0 Å². The molecule has 7 nitrogen and oxygen atoms in total. The predicted octanol–water partition coefficient (Wildman–Crippen LogP) is 2.34. The minimum atomic E-state index is 0.0357. The van der Waals surface area contributed by atoms with Crippen molar-refractivity contribution >= 4 is 11.8 Å². The van der Waals surface area contributed by atoms with Crippen LogP contribution in [0.5, 0.6) is 0 Å². The lowest BCUT2D eigenvalue weighted by molar-refractivity contribution is -0.145. The standard InChI is InChI=1S/C19H28N4O3/c1-13(2)10-16-12-25-9-8-23(16)18(24)15-4-6-22(7-5-15)19-17(11-20)21-14(3)26-19/h13,15-16H,4-10,12H2,1-3H3. The summed E-state index contributed by atoms with van der Waals surface area (Å²) in [6.45, 7) is 9.49. The van der Waals surface area contributed by atoms with Gasteiger partial charge in [0, 0.05) is 32.5 Å². The molecule has 1 atom stereocenters. The Morgan fingerprint density at radius 1 is 1.35 bits per heavy atom. The highest BCUT2D eigenvalue weighted by molar-refractivity contribution is 5.79. The number of aromatic nitrogens is 1. The number of piperidine rings is 1. The number of carbonyl (C=O) groups excluding carboxylic acids is 1. The Kier molecular flexibility index (Phi) is 5.82. The van der Waals surface area contributed by atoms with Crippen molar-refractivity contribution in [2.45, 2.75) is 46.1 Å². The maximum Gasteiger partial charge on any atom is 0.234 e. The van der Waals surface area contributed by atoms with Crippen LogP contribution in [0.2, 0.25) is 0 Å². The number of rotatable bonds is 4. The Hall–Kier alpha value is -2.07. The van der Waals surface area contributed by atoms with E-state index in [-0.39, 0.29) is 17.9 Å². The maximum absolute atomic E-state index is 13.1. The molecule has 2 aliphatic heterocycles. The van der Waals surface area contributed by atoms with Gasteiger partial charge in [-0.25, -0.2) is 4.98 Å². The molecule has 1 aromatic heterocycles. The third-order valence-corrected chi connectivity index (χ3v) is 5.21. The summed E-state index contributed by atoms with van der Waals surface area (Å²) in [5.41, 5.74) is 0.331. The largest absolute Gasteiger partial charge is 0.424 e. The van der Waals surface area contributed by atoms with E-state index < -0.39 is 0 Å². The van der Waals surface area contributed by atoms with E-state index in [1.807, 2.05) is 9.80 Å². The molecule has 1 unspecified atom stereocenters. The van der Waals surface area contributed by atoms with E-state index >= 15 is 0 Å². The molecular formula is C19H28N4O3. The Labute approximate surface area is 154 Å². The summed E-state index contributed by atoms with van der Waals surface area (Å²) < 4.78 is 11.2. The summed E-state index contributed by atoms with van der Waals surface area (Å²) in [4.78, 5) is 21.3. The lowest BCUT2D eigenvalue weighted by Crippen LogP contribution is -2.52. The number of amides is 1. The van der Waals surface area contributed by atoms with Crippen molar-refractivity contribution < 1.29 is 13.9 Å². The molecule has 2 aliphatic rings. The van der Waals surface area contributed by atoms with Crippen LogP contribution in [0.3, 0.4) is 0 Å². The molecule has 0 radical (unpaired) electrons. The number of anilines is 1. The Morgan fingerprint density at radius 3 is 2.73 bits per heavy atom. The Morgan fingerprint density at radius 2 is 2.08 bits per heavy atom. The predicted molar refractivity (Wildman–Crippen MR) is 96.7 cm³/mol. The fourth-order valence-electron chi connectivity index (χ4n) is 3.95. The smallest absolute Gasteiger partial charge is 0.234 e. The quantitative estimate of drug-likeness (QED) is 0.820. The Bertz CT molecular complexity index is 671. The second-order valence-electron chi connectivity index (χ2n) is 7.65. The van der Waals surface area contributed by atoms with Crippen molar-refractivity contribution in [1.29, 1.82) is 5.26 Å². The highest BCUT2D eigenvalue weighted by Gasteiger charge is 2.35. The number of morpholine rings is 1. The van der Waals surface area contributed by atoms with Crippen LogP contribution in [0.4, 0.5) is 5.88 Å². The van der Waals surface area contributed by atoms with E-state index in [2.05, 4.69) is 24.9 Å². The molecule has 142 valence electrons. The topological polar surface area (TPSA) is 82.6 Å². The molecule has 0 N–H and O–H groups in total. The second kappa shape index (κ2) is 8.09. The zero-order valence-electron chi connectivity index (χ0n) is 15.9. The normalized spacial score (nSPS) is 21.9. The first-order chi connectivity index (χ1) is 12.5. The van der Waals surface area contributed by atoms with Gasteiger partial charge in [-0.05, 0) is 25.2 Å². The molecule has 0 saturated carbocycles. The molecule has 7 heteroatoms. The van der Waals surface area contributed by atoms with Gasteiger partial charge in [0.2, 0.25) is 17.5 Å². The SMILES string of the molecule is Cc1nc(C#N)c(N2CCC(C(=O)N3CCOCC3CC(C)C)CC2)o1. The van der Waals surface area contributed by atoms with Crippen molar-refractivity contribution in [3.8, 4) is 6.07 Å². The molecule has 2 fully saturated rings. The number of hydrogen-bond acceptors (Lipinski definition) is 6. The molecule has 1 aromatic rings. The molecule has 3 rings (SSSR count). The average Bonchev–Trinajstić information content (AvgIpc) is 3.02. The van der Waals surface area contributed by atoms with Crippen LogP contribution in [0, 0.1) is 30.1 Å². The van der Waals surface area contributed by atoms with Gasteiger partial charge in [-0.2, -0.15) is 5.26 Å². The minimum Gasteiger partial charge on any atom is -0.424 e.